The van der Waals surface area contributed by atoms with Gasteiger partial charge in [0.05, 0.1) is 9.21 Å². The summed E-state index contributed by atoms with van der Waals surface area (Å²) in [6.07, 6.45) is 0.597. The van der Waals surface area contributed by atoms with Crippen LogP contribution in [0.3, 0.4) is 0 Å². The lowest BCUT2D eigenvalue weighted by Crippen LogP contribution is -2.24. The number of carbonyl (C=O) groups excluding carboxylic acids is 1. The van der Waals surface area contributed by atoms with Crippen molar-refractivity contribution in [3.05, 3.63) is 51.2 Å². The van der Waals surface area contributed by atoms with Gasteiger partial charge in [-0.3, -0.25) is 4.79 Å². The van der Waals surface area contributed by atoms with Crippen molar-refractivity contribution in [3.8, 4) is 5.75 Å². The van der Waals surface area contributed by atoms with Crippen molar-refractivity contribution in [1.29, 1.82) is 0 Å². The molecule has 1 N–H and O–H groups in total. The van der Waals surface area contributed by atoms with Gasteiger partial charge in [-0.1, -0.05) is 23.7 Å². The number of halogens is 3. The highest BCUT2D eigenvalue weighted by Crippen LogP contribution is 2.21. The first-order valence-corrected chi connectivity index (χ1v) is 7.31. The van der Waals surface area contributed by atoms with Gasteiger partial charge in [0.25, 0.3) is 5.91 Å². The number of amides is 1. The lowest BCUT2D eigenvalue weighted by molar-refractivity contribution is -0.0498. The largest absolute Gasteiger partial charge is 0.435 e. The molecule has 0 aliphatic carbocycles. The fraction of sp³-hybridized carbons (Fsp3) is 0.214. The van der Waals surface area contributed by atoms with Gasteiger partial charge < -0.3 is 10.1 Å². The molecule has 0 spiro atoms. The summed E-state index contributed by atoms with van der Waals surface area (Å²) in [7, 11) is 0. The Labute approximate surface area is 129 Å². The summed E-state index contributed by atoms with van der Waals surface area (Å²) in [6.45, 7) is -2.38. The molecule has 1 aromatic carbocycles. The van der Waals surface area contributed by atoms with E-state index in [0.717, 1.165) is 5.56 Å². The molecule has 1 amide bonds. The van der Waals surface area contributed by atoms with E-state index in [2.05, 4.69) is 10.1 Å². The van der Waals surface area contributed by atoms with Crippen LogP contribution in [0.15, 0.2) is 36.4 Å². The molecule has 0 bridgehead atoms. The summed E-state index contributed by atoms with van der Waals surface area (Å²) < 4.78 is 28.8. The highest BCUT2D eigenvalue weighted by molar-refractivity contribution is 7.17. The lowest BCUT2D eigenvalue weighted by Gasteiger charge is -2.06. The first-order valence-electron chi connectivity index (χ1n) is 6.12. The summed E-state index contributed by atoms with van der Waals surface area (Å²) in [5, 5.41) is 2.77. The number of rotatable bonds is 6. The Morgan fingerprint density at radius 3 is 2.52 bits per heavy atom. The molecule has 0 atom stereocenters. The summed E-state index contributed by atoms with van der Waals surface area (Å²) >= 11 is 6.97. The molecule has 2 rings (SSSR count). The standard InChI is InChI=1S/C14H12ClF2NO2S/c15-12-6-5-11(21-12)13(19)18-8-7-9-1-3-10(4-2-9)20-14(16)17/h1-6,14H,7-8H2,(H,18,19). The highest BCUT2D eigenvalue weighted by Gasteiger charge is 2.08. The Balaban J connectivity index is 1.79. The predicted molar refractivity (Wildman–Crippen MR) is 78.4 cm³/mol. The van der Waals surface area contributed by atoms with Crippen LogP contribution in [-0.2, 0) is 6.42 Å². The molecule has 112 valence electrons. The van der Waals surface area contributed by atoms with Crippen LogP contribution in [0.2, 0.25) is 4.34 Å². The Morgan fingerprint density at radius 2 is 1.95 bits per heavy atom. The van der Waals surface area contributed by atoms with Crippen LogP contribution in [0.1, 0.15) is 15.2 Å². The van der Waals surface area contributed by atoms with E-state index < -0.39 is 6.61 Å². The SMILES string of the molecule is O=C(NCCc1ccc(OC(F)F)cc1)c1ccc(Cl)s1. The van der Waals surface area contributed by atoms with Crippen LogP contribution < -0.4 is 10.1 Å². The maximum atomic E-state index is 12.0. The van der Waals surface area contributed by atoms with Crippen molar-refractivity contribution < 1.29 is 18.3 Å². The molecule has 0 aliphatic rings. The number of carbonyl (C=O) groups is 1. The van der Waals surface area contributed by atoms with Gasteiger partial charge in [0, 0.05) is 6.54 Å². The third-order valence-corrected chi connectivity index (χ3v) is 3.87. The van der Waals surface area contributed by atoms with E-state index in [0.29, 0.717) is 22.2 Å². The van der Waals surface area contributed by atoms with E-state index in [4.69, 9.17) is 11.6 Å². The van der Waals surface area contributed by atoms with Gasteiger partial charge in [-0.05, 0) is 36.2 Å². The zero-order chi connectivity index (χ0) is 15.2. The summed E-state index contributed by atoms with van der Waals surface area (Å²) in [6, 6.07) is 9.66. The molecule has 0 fully saturated rings. The second kappa shape index (κ2) is 7.38. The van der Waals surface area contributed by atoms with Crippen molar-refractivity contribution in [2.24, 2.45) is 0 Å². The van der Waals surface area contributed by atoms with E-state index in [9.17, 15) is 13.6 Å². The molecule has 1 aromatic heterocycles. The van der Waals surface area contributed by atoms with Gasteiger partial charge in [-0.25, -0.2) is 0 Å². The van der Waals surface area contributed by atoms with Gasteiger partial charge in [-0.2, -0.15) is 8.78 Å². The maximum Gasteiger partial charge on any atom is 0.387 e. The van der Waals surface area contributed by atoms with E-state index in [1.807, 2.05) is 0 Å². The molecule has 1 heterocycles. The minimum Gasteiger partial charge on any atom is -0.435 e. The third-order valence-electron chi connectivity index (χ3n) is 2.64. The molecule has 2 aromatic rings. The average molecular weight is 332 g/mol. The number of thiophene rings is 1. The normalized spacial score (nSPS) is 10.7. The van der Waals surface area contributed by atoms with Crippen LogP contribution in [0, 0.1) is 0 Å². The fourth-order valence-corrected chi connectivity index (χ4v) is 2.64. The van der Waals surface area contributed by atoms with Crippen molar-refractivity contribution in [2.75, 3.05) is 6.54 Å². The van der Waals surface area contributed by atoms with Crippen LogP contribution >= 0.6 is 22.9 Å². The van der Waals surface area contributed by atoms with Crippen molar-refractivity contribution in [1.82, 2.24) is 5.32 Å². The van der Waals surface area contributed by atoms with Crippen molar-refractivity contribution in [2.45, 2.75) is 13.0 Å². The zero-order valence-electron chi connectivity index (χ0n) is 10.8. The molecule has 3 nitrogen and oxygen atoms in total. The summed E-state index contributed by atoms with van der Waals surface area (Å²) in [4.78, 5) is 12.3. The second-order valence-electron chi connectivity index (χ2n) is 4.13. The second-order valence-corrected chi connectivity index (χ2v) is 5.85. The van der Waals surface area contributed by atoms with Gasteiger partial charge in [0.15, 0.2) is 0 Å². The number of nitrogens with one attached hydrogen (secondary N) is 1. The molecule has 7 heteroatoms. The molecule has 0 unspecified atom stereocenters. The quantitative estimate of drug-likeness (QED) is 0.869. The molecule has 0 saturated carbocycles. The minimum atomic E-state index is -2.83. The minimum absolute atomic E-state index is 0.117. The van der Waals surface area contributed by atoms with Gasteiger partial charge >= 0.3 is 6.61 Å². The van der Waals surface area contributed by atoms with Crippen molar-refractivity contribution in [3.63, 3.8) is 0 Å². The summed E-state index contributed by atoms with van der Waals surface area (Å²) in [5.41, 5.74) is 0.918. The summed E-state index contributed by atoms with van der Waals surface area (Å²) in [5.74, 6) is -0.0597. The zero-order valence-corrected chi connectivity index (χ0v) is 12.4. The molecular formula is C14H12ClF2NO2S. The van der Waals surface area contributed by atoms with Crippen molar-refractivity contribution >= 4 is 28.8 Å². The van der Waals surface area contributed by atoms with Gasteiger partial charge in [-0.15, -0.1) is 11.3 Å². The highest BCUT2D eigenvalue weighted by atomic mass is 35.5. The van der Waals surface area contributed by atoms with E-state index in [1.54, 1.807) is 24.3 Å². The number of ether oxygens (including phenoxy) is 1. The molecule has 0 radical (unpaired) electrons. The fourth-order valence-electron chi connectivity index (χ4n) is 1.68. The number of alkyl halides is 2. The van der Waals surface area contributed by atoms with Crippen LogP contribution in [0.4, 0.5) is 8.78 Å². The molecule has 0 aliphatic heterocycles. The predicted octanol–water partition coefficient (Wildman–Crippen LogP) is 3.98. The maximum absolute atomic E-state index is 12.0. The Bertz CT molecular complexity index is 601. The smallest absolute Gasteiger partial charge is 0.387 e. The van der Waals surface area contributed by atoms with E-state index in [-0.39, 0.29) is 11.7 Å². The van der Waals surface area contributed by atoms with E-state index in [1.165, 1.54) is 23.5 Å². The number of benzene rings is 1. The first-order chi connectivity index (χ1) is 10.0. The van der Waals surface area contributed by atoms with Crippen LogP contribution in [-0.4, -0.2) is 19.1 Å². The van der Waals surface area contributed by atoms with Crippen LogP contribution in [0.25, 0.3) is 0 Å². The average Bonchev–Trinajstić information content (AvgIpc) is 2.87. The van der Waals surface area contributed by atoms with E-state index >= 15 is 0 Å². The molecular weight excluding hydrogens is 320 g/mol. The number of hydrogen-bond acceptors (Lipinski definition) is 3. The Kier molecular flexibility index (Phi) is 5.52. The Morgan fingerprint density at radius 1 is 1.24 bits per heavy atom. The Hall–Kier alpha value is -1.66. The topological polar surface area (TPSA) is 38.3 Å². The molecule has 21 heavy (non-hydrogen) atoms. The van der Waals surface area contributed by atoms with Gasteiger partial charge in [0.1, 0.15) is 5.75 Å². The first kappa shape index (κ1) is 15.7. The lowest BCUT2D eigenvalue weighted by atomic mass is 10.1. The van der Waals surface area contributed by atoms with Crippen LogP contribution in [0.5, 0.6) is 5.75 Å². The van der Waals surface area contributed by atoms with Gasteiger partial charge in [0.2, 0.25) is 0 Å². The molecule has 0 saturated heterocycles. The third kappa shape index (κ3) is 4.99. The monoisotopic (exact) mass is 331 g/mol. The number of hydrogen-bond donors (Lipinski definition) is 1.